The molecule has 2 rings (SSSR count). The summed E-state index contributed by atoms with van der Waals surface area (Å²) in [5, 5.41) is 13.3. The molecular formula is C12H12N4O4S. The molecular weight excluding hydrogens is 296 g/mol. The molecule has 3 N–H and O–H groups in total. The molecule has 0 fully saturated rings. The third-order valence-corrected chi connectivity index (χ3v) is 3.31. The Kier molecular flexibility index (Phi) is 4.77. The Morgan fingerprint density at radius 3 is 2.90 bits per heavy atom. The second-order valence-corrected chi connectivity index (χ2v) is 5.00. The van der Waals surface area contributed by atoms with Gasteiger partial charge in [-0.3, -0.25) is 19.7 Å². The fourth-order valence-electron chi connectivity index (χ4n) is 1.53. The molecule has 8 nitrogen and oxygen atoms in total. The van der Waals surface area contributed by atoms with Crippen LogP contribution in [0.25, 0.3) is 0 Å². The van der Waals surface area contributed by atoms with Crippen LogP contribution in [-0.4, -0.2) is 31.9 Å². The van der Waals surface area contributed by atoms with Crippen molar-refractivity contribution in [3.8, 4) is 0 Å². The summed E-state index contributed by atoms with van der Waals surface area (Å²) in [6.45, 7) is 0. The Hall–Kier alpha value is -2.55. The minimum Gasteiger partial charge on any atom is -0.481 e. The first kappa shape index (κ1) is 14.9. The molecule has 0 bridgehead atoms. The van der Waals surface area contributed by atoms with Gasteiger partial charge >= 0.3 is 5.97 Å². The number of H-pyrrole nitrogens is 1. The molecule has 0 aliphatic rings. The van der Waals surface area contributed by atoms with Gasteiger partial charge < -0.3 is 10.1 Å². The quantitative estimate of drug-likeness (QED) is 0.727. The minimum absolute atomic E-state index is 0.0808. The summed E-state index contributed by atoms with van der Waals surface area (Å²) in [4.78, 5) is 43.3. The van der Waals surface area contributed by atoms with Crippen LogP contribution in [0.15, 0.2) is 22.6 Å². The lowest BCUT2D eigenvalue weighted by Crippen LogP contribution is -2.16. The molecule has 0 aliphatic heterocycles. The lowest BCUT2D eigenvalue weighted by atomic mass is 10.2. The van der Waals surface area contributed by atoms with Crippen LogP contribution in [0.5, 0.6) is 0 Å². The second kappa shape index (κ2) is 6.75. The molecule has 0 unspecified atom stereocenters. The largest absolute Gasteiger partial charge is 0.481 e. The molecule has 1 amide bonds. The molecule has 21 heavy (non-hydrogen) atoms. The number of nitrogens with zero attached hydrogens (tertiary/aromatic N) is 2. The summed E-state index contributed by atoms with van der Waals surface area (Å²) in [7, 11) is 0. The maximum atomic E-state index is 11.8. The maximum absolute atomic E-state index is 11.8. The van der Waals surface area contributed by atoms with E-state index in [0.717, 1.165) is 11.9 Å². The molecule has 0 spiro atoms. The molecule has 2 heterocycles. The summed E-state index contributed by atoms with van der Waals surface area (Å²) in [5.74, 6) is -1.32. The number of aromatic nitrogens is 3. The summed E-state index contributed by atoms with van der Waals surface area (Å²) in [5.41, 5.74) is 0.421. The van der Waals surface area contributed by atoms with E-state index in [1.54, 1.807) is 5.38 Å². The van der Waals surface area contributed by atoms with Gasteiger partial charge in [0.2, 0.25) is 0 Å². The number of carbonyl (C=O) groups excluding carboxylic acids is 1. The third kappa shape index (κ3) is 4.49. The van der Waals surface area contributed by atoms with Crippen molar-refractivity contribution in [2.75, 3.05) is 5.32 Å². The van der Waals surface area contributed by atoms with E-state index in [-0.39, 0.29) is 17.7 Å². The number of nitrogens with one attached hydrogen (secondary N) is 2. The third-order valence-electron chi connectivity index (χ3n) is 2.50. The number of aryl methyl sites for hydroxylation is 1. The smallest absolute Gasteiger partial charge is 0.303 e. The fraction of sp³-hybridized carbons (Fsp3) is 0.250. The normalized spacial score (nSPS) is 10.3. The minimum atomic E-state index is -0.845. The van der Waals surface area contributed by atoms with Crippen LogP contribution in [-0.2, 0) is 11.2 Å². The van der Waals surface area contributed by atoms with E-state index in [9.17, 15) is 14.4 Å². The number of carboxylic acid groups (broad SMARTS) is 1. The molecule has 0 atom stereocenters. The average Bonchev–Trinajstić information content (AvgIpc) is 2.86. The van der Waals surface area contributed by atoms with Gasteiger partial charge in [0.15, 0.2) is 5.13 Å². The molecule has 0 saturated carbocycles. The zero-order chi connectivity index (χ0) is 15.2. The van der Waals surface area contributed by atoms with Crippen molar-refractivity contribution in [2.24, 2.45) is 0 Å². The first-order valence-corrected chi connectivity index (χ1v) is 6.95. The van der Waals surface area contributed by atoms with E-state index < -0.39 is 11.9 Å². The topological polar surface area (TPSA) is 125 Å². The number of hydrogen-bond donors (Lipinski definition) is 3. The van der Waals surface area contributed by atoms with Crippen molar-refractivity contribution in [3.63, 3.8) is 0 Å². The van der Waals surface area contributed by atoms with Gasteiger partial charge in [0, 0.05) is 18.0 Å². The van der Waals surface area contributed by atoms with Crippen LogP contribution >= 0.6 is 11.3 Å². The average molecular weight is 308 g/mol. The molecule has 2 aromatic heterocycles. The monoisotopic (exact) mass is 308 g/mol. The Morgan fingerprint density at radius 2 is 2.24 bits per heavy atom. The van der Waals surface area contributed by atoms with Crippen molar-refractivity contribution in [3.05, 3.63) is 39.5 Å². The van der Waals surface area contributed by atoms with Crippen molar-refractivity contribution in [1.82, 2.24) is 15.0 Å². The zero-order valence-corrected chi connectivity index (χ0v) is 11.6. The number of rotatable bonds is 6. The van der Waals surface area contributed by atoms with Crippen LogP contribution < -0.4 is 10.9 Å². The summed E-state index contributed by atoms with van der Waals surface area (Å²) in [6.07, 6.45) is 3.36. The second-order valence-electron chi connectivity index (χ2n) is 4.14. The highest BCUT2D eigenvalue weighted by molar-refractivity contribution is 7.13. The molecule has 0 aliphatic carbocycles. The summed E-state index contributed by atoms with van der Waals surface area (Å²) >= 11 is 1.24. The summed E-state index contributed by atoms with van der Waals surface area (Å²) in [6, 6.07) is 0. The number of amides is 1. The Morgan fingerprint density at radius 1 is 1.43 bits per heavy atom. The number of thiazole rings is 1. The Balaban J connectivity index is 1.92. The van der Waals surface area contributed by atoms with Gasteiger partial charge in [0.25, 0.3) is 11.5 Å². The first-order chi connectivity index (χ1) is 10.0. The fourth-order valence-corrected chi connectivity index (χ4v) is 2.27. The lowest BCUT2D eigenvalue weighted by molar-refractivity contribution is -0.137. The van der Waals surface area contributed by atoms with E-state index >= 15 is 0 Å². The van der Waals surface area contributed by atoms with Crippen LogP contribution in [0.1, 0.15) is 29.0 Å². The van der Waals surface area contributed by atoms with Gasteiger partial charge in [-0.25, -0.2) is 9.97 Å². The number of carboxylic acids is 1. The van der Waals surface area contributed by atoms with Crippen molar-refractivity contribution < 1.29 is 14.7 Å². The van der Waals surface area contributed by atoms with Gasteiger partial charge in [0.05, 0.1) is 11.9 Å². The number of aromatic amines is 1. The predicted octanol–water partition coefficient (Wildman–Crippen LogP) is 0.886. The van der Waals surface area contributed by atoms with Gasteiger partial charge in [-0.05, 0) is 12.8 Å². The Labute approximate surface area is 122 Å². The molecule has 0 aromatic carbocycles. The van der Waals surface area contributed by atoms with Crippen molar-refractivity contribution >= 4 is 28.3 Å². The number of hydrogen-bond acceptors (Lipinski definition) is 6. The molecule has 0 saturated heterocycles. The van der Waals surface area contributed by atoms with Crippen LogP contribution in [0, 0.1) is 0 Å². The van der Waals surface area contributed by atoms with Crippen molar-refractivity contribution in [1.29, 1.82) is 0 Å². The van der Waals surface area contributed by atoms with E-state index in [2.05, 4.69) is 20.3 Å². The van der Waals surface area contributed by atoms with Crippen LogP contribution in [0.3, 0.4) is 0 Å². The molecule has 0 radical (unpaired) electrons. The SMILES string of the molecule is O=C(O)CCCc1csc(NC(=O)c2c[nH]c(=O)cn2)n1. The van der Waals surface area contributed by atoms with E-state index in [4.69, 9.17) is 5.11 Å². The van der Waals surface area contributed by atoms with Crippen molar-refractivity contribution in [2.45, 2.75) is 19.3 Å². The van der Waals surface area contributed by atoms with Gasteiger partial charge in [-0.15, -0.1) is 11.3 Å². The Bertz CT molecular complexity index is 689. The highest BCUT2D eigenvalue weighted by Crippen LogP contribution is 2.17. The standard InChI is InChI=1S/C12H12N4O4S/c17-9-5-13-8(4-14-9)11(20)16-12-15-7(6-21-12)2-1-3-10(18)19/h4-6H,1-3H2,(H,14,17)(H,18,19)(H,15,16,20). The van der Waals surface area contributed by atoms with Gasteiger partial charge in [0.1, 0.15) is 5.69 Å². The number of anilines is 1. The van der Waals surface area contributed by atoms with Crippen LogP contribution in [0.4, 0.5) is 5.13 Å². The maximum Gasteiger partial charge on any atom is 0.303 e. The molecule has 2 aromatic rings. The van der Waals surface area contributed by atoms with Gasteiger partial charge in [-0.2, -0.15) is 0 Å². The van der Waals surface area contributed by atoms with E-state index in [0.29, 0.717) is 18.0 Å². The van der Waals surface area contributed by atoms with Crippen LogP contribution in [0.2, 0.25) is 0 Å². The molecule has 110 valence electrons. The lowest BCUT2D eigenvalue weighted by Gasteiger charge is -1.99. The number of aliphatic carboxylic acids is 1. The van der Waals surface area contributed by atoms with E-state index in [1.165, 1.54) is 17.5 Å². The number of carbonyl (C=O) groups is 2. The molecule has 9 heteroatoms. The van der Waals surface area contributed by atoms with E-state index in [1.807, 2.05) is 0 Å². The zero-order valence-electron chi connectivity index (χ0n) is 10.8. The van der Waals surface area contributed by atoms with Gasteiger partial charge in [-0.1, -0.05) is 0 Å². The summed E-state index contributed by atoms with van der Waals surface area (Å²) < 4.78 is 0. The highest BCUT2D eigenvalue weighted by Gasteiger charge is 2.10. The first-order valence-electron chi connectivity index (χ1n) is 6.07. The predicted molar refractivity (Wildman–Crippen MR) is 75.5 cm³/mol. The highest BCUT2D eigenvalue weighted by atomic mass is 32.1.